The first-order valence-corrected chi connectivity index (χ1v) is 10.1. The maximum atomic E-state index is 12.9. The third-order valence-electron chi connectivity index (χ3n) is 4.66. The molecule has 25 heavy (non-hydrogen) atoms. The molecule has 1 aliphatic rings. The van der Waals surface area contributed by atoms with Gasteiger partial charge in [0, 0.05) is 11.6 Å². The summed E-state index contributed by atoms with van der Waals surface area (Å²) in [6.45, 7) is 2.17. The van der Waals surface area contributed by atoms with Crippen LogP contribution in [0.4, 0.5) is 0 Å². The molecule has 2 N–H and O–H groups in total. The Morgan fingerprint density at radius 1 is 1.28 bits per heavy atom. The molecule has 2 aromatic rings. The summed E-state index contributed by atoms with van der Waals surface area (Å²) in [5.41, 5.74) is 2.04. The van der Waals surface area contributed by atoms with Gasteiger partial charge in [-0.1, -0.05) is 50.1 Å². The predicted octanol–water partition coefficient (Wildman–Crippen LogP) is 3.76. The van der Waals surface area contributed by atoms with Gasteiger partial charge in [-0.25, -0.2) is 0 Å². The van der Waals surface area contributed by atoms with Gasteiger partial charge >= 0.3 is 0 Å². The van der Waals surface area contributed by atoms with E-state index in [0.717, 1.165) is 30.4 Å². The molecule has 0 radical (unpaired) electrons. The minimum absolute atomic E-state index is 0.0356. The summed E-state index contributed by atoms with van der Waals surface area (Å²) in [6, 6.07) is 13.7. The Morgan fingerprint density at radius 2 is 2.04 bits per heavy atom. The molecule has 0 fully saturated rings. The minimum Gasteiger partial charge on any atom is -0.611 e. The Balaban J connectivity index is 2.07. The Bertz CT molecular complexity index is 708. The molecule has 1 heterocycles. The van der Waals surface area contributed by atoms with Crippen molar-refractivity contribution in [2.75, 3.05) is 12.9 Å². The lowest BCUT2D eigenvalue weighted by Gasteiger charge is -2.22. The number of aromatic hydroxyl groups is 1. The van der Waals surface area contributed by atoms with Gasteiger partial charge in [0.15, 0.2) is 16.4 Å². The van der Waals surface area contributed by atoms with E-state index in [1.165, 1.54) is 7.11 Å². The SMILES string of the molecule is CCCC[C@@H]1C[S+]([O-])c2cc(O)c(OC)cc2[C@@H](c2ccccc2)N1. The molecule has 0 amide bonds. The van der Waals surface area contributed by atoms with Crippen molar-refractivity contribution in [3.8, 4) is 11.5 Å². The molecular weight excluding hydrogens is 334 g/mol. The molecule has 5 heteroatoms. The predicted molar refractivity (Wildman–Crippen MR) is 101 cm³/mol. The number of hydrogen-bond donors (Lipinski definition) is 2. The van der Waals surface area contributed by atoms with Gasteiger partial charge in [-0.05, 0) is 29.2 Å². The minimum atomic E-state index is -1.16. The molecule has 0 saturated heterocycles. The number of phenolic OH excluding ortho intramolecular Hbond substituents is 1. The zero-order valence-electron chi connectivity index (χ0n) is 14.7. The van der Waals surface area contributed by atoms with Gasteiger partial charge in [0.05, 0.1) is 19.2 Å². The number of nitrogens with one attached hydrogen (secondary N) is 1. The van der Waals surface area contributed by atoms with Crippen LogP contribution in [0.2, 0.25) is 0 Å². The maximum absolute atomic E-state index is 12.9. The second kappa shape index (κ2) is 8.13. The van der Waals surface area contributed by atoms with E-state index in [9.17, 15) is 9.66 Å². The lowest BCUT2D eigenvalue weighted by Crippen LogP contribution is -2.35. The third-order valence-corrected chi connectivity index (χ3v) is 6.21. The molecule has 2 aromatic carbocycles. The number of methoxy groups -OCH3 is 1. The van der Waals surface area contributed by atoms with E-state index >= 15 is 0 Å². The summed E-state index contributed by atoms with van der Waals surface area (Å²) in [5, 5.41) is 13.9. The average molecular weight is 359 g/mol. The van der Waals surface area contributed by atoms with Crippen LogP contribution in [0.25, 0.3) is 0 Å². The molecule has 4 nitrogen and oxygen atoms in total. The topological polar surface area (TPSA) is 64.5 Å². The Hall–Kier alpha value is -1.69. The van der Waals surface area contributed by atoms with Crippen LogP contribution in [0.5, 0.6) is 11.5 Å². The quantitative estimate of drug-likeness (QED) is 0.798. The number of rotatable bonds is 5. The highest BCUT2D eigenvalue weighted by molar-refractivity contribution is 7.91. The van der Waals surface area contributed by atoms with E-state index in [1.54, 1.807) is 6.07 Å². The van der Waals surface area contributed by atoms with Gasteiger partial charge in [-0.2, -0.15) is 0 Å². The molecule has 3 atom stereocenters. The van der Waals surface area contributed by atoms with Crippen LogP contribution in [0.1, 0.15) is 43.4 Å². The van der Waals surface area contributed by atoms with Crippen LogP contribution in [-0.4, -0.2) is 28.6 Å². The lowest BCUT2D eigenvalue weighted by molar-refractivity contribution is 0.370. The van der Waals surface area contributed by atoms with Crippen molar-refractivity contribution < 1.29 is 14.4 Å². The standard InChI is InChI=1S/C20H25NO3S/c1-3-4-10-15-13-25(23)19-12-17(22)18(24-2)11-16(19)20(21-15)14-8-6-5-7-9-14/h5-9,11-12,15,20-22H,3-4,10,13H2,1-2H3/t15-,20-,25?/m1/s1. The van der Waals surface area contributed by atoms with Gasteiger partial charge in [0.1, 0.15) is 5.75 Å². The zero-order chi connectivity index (χ0) is 17.8. The number of ether oxygens (including phenoxy) is 1. The molecule has 0 bridgehead atoms. The summed E-state index contributed by atoms with van der Waals surface area (Å²) < 4.78 is 18.2. The van der Waals surface area contributed by atoms with E-state index < -0.39 is 11.2 Å². The van der Waals surface area contributed by atoms with Crippen LogP contribution in [0.3, 0.4) is 0 Å². The van der Waals surface area contributed by atoms with Crippen LogP contribution in [-0.2, 0) is 11.2 Å². The summed E-state index contributed by atoms with van der Waals surface area (Å²) in [6.07, 6.45) is 3.20. The van der Waals surface area contributed by atoms with Crippen molar-refractivity contribution in [2.45, 2.75) is 43.2 Å². The first-order chi connectivity index (χ1) is 12.1. The fourth-order valence-corrected chi connectivity index (χ4v) is 4.83. The van der Waals surface area contributed by atoms with Crippen molar-refractivity contribution in [3.63, 3.8) is 0 Å². The largest absolute Gasteiger partial charge is 0.611 e. The van der Waals surface area contributed by atoms with Crippen LogP contribution in [0, 0.1) is 0 Å². The average Bonchev–Trinajstić information content (AvgIpc) is 2.77. The molecule has 0 aromatic heterocycles. The number of hydrogen-bond acceptors (Lipinski definition) is 4. The van der Waals surface area contributed by atoms with Crippen molar-refractivity contribution in [1.82, 2.24) is 5.32 Å². The Morgan fingerprint density at radius 3 is 2.72 bits per heavy atom. The molecule has 1 unspecified atom stereocenters. The number of fused-ring (bicyclic) bond motifs is 1. The van der Waals surface area contributed by atoms with E-state index in [-0.39, 0.29) is 17.8 Å². The maximum Gasteiger partial charge on any atom is 0.162 e. The van der Waals surface area contributed by atoms with Crippen LogP contribution >= 0.6 is 0 Å². The van der Waals surface area contributed by atoms with Gasteiger partial charge < -0.3 is 14.4 Å². The molecule has 0 aliphatic carbocycles. The Labute approximate surface area is 152 Å². The highest BCUT2D eigenvalue weighted by Gasteiger charge is 2.33. The van der Waals surface area contributed by atoms with Crippen LogP contribution in [0.15, 0.2) is 47.4 Å². The summed E-state index contributed by atoms with van der Waals surface area (Å²) >= 11 is -1.16. The highest BCUT2D eigenvalue weighted by Crippen LogP contribution is 2.39. The first-order valence-electron chi connectivity index (χ1n) is 8.74. The smallest absolute Gasteiger partial charge is 0.162 e. The highest BCUT2D eigenvalue weighted by atomic mass is 32.2. The van der Waals surface area contributed by atoms with Crippen LogP contribution < -0.4 is 10.1 Å². The number of unbranched alkanes of at least 4 members (excludes halogenated alkanes) is 1. The molecular formula is C20H25NO3S. The van der Waals surface area contributed by atoms with E-state index in [2.05, 4.69) is 24.4 Å². The van der Waals surface area contributed by atoms with E-state index in [0.29, 0.717) is 16.4 Å². The van der Waals surface area contributed by atoms with E-state index in [1.807, 2.05) is 24.3 Å². The fraction of sp³-hybridized carbons (Fsp3) is 0.400. The molecule has 0 saturated carbocycles. The molecule has 3 rings (SSSR count). The summed E-state index contributed by atoms with van der Waals surface area (Å²) in [4.78, 5) is 0.693. The molecule has 134 valence electrons. The second-order valence-electron chi connectivity index (χ2n) is 6.42. The number of phenols is 1. The summed E-state index contributed by atoms with van der Waals surface area (Å²) in [7, 11) is 1.53. The van der Waals surface area contributed by atoms with Crippen molar-refractivity contribution in [3.05, 3.63) is 53.6 Å². The molecule has 0 spiro atoms. The van der Waals surface area contributed by atoms with Gasteiger partial charge in [-0.3, -0.25) is 5.32 Å². The number of benzene rings is 2. The zero-order valence-corrected chi connectivity index (χ0v) is 15.5. The Kier molecular flexibility index (Phi) is 5.89. The van der Waals surface area contributed by atoms with Crippen molar-refractivity contribution >= 4 is 11.2 Å². The lowest BCUT2D eigenvalue weighted by atomic mass is 9.96. The van der Waals surface area contributed by atoms with E-state index in [4.69, 9.17) is 4.74 Å². The van der Waals surface area contributed by atoms with Gasteiger partial charge in [0.25, 0.3) is 0 Å². The third kappa shape index (κ3) is 3.94. The van der Waals surface area contributed by atoms with Crippen molar-refractivity contribution in [2.24, 2.45) is 0 Å². The monoisotopic (exact) mass is 359 g/mol. The van der Waals surface area contributed by atoms with Gasteiger partial charge in [-0.15, -0.1) is 0 Å². The first kappa shape index (κ1) is 18.1. The second-order valence-corrected chi connectivity index (χ2v) is 7.89. The van der Waals surface area contributed by atoms with Gasteiger partial charge in [0.2, 0.25) is 0 Å². The summed E-state index contributed by atoms with van der Waals surface area (Å²) in [5.74, 6) is 1.00. The molecule has 1 aliphatic heterocycles. The normalized spacial score (nSPS) is 22.9. The van der Waals surface area contributed by atoms with Crippen molar-refractivity contribution in [1.29, 1.82) is 0 Å². The fourth-order valence-electron chi connectivity index (χ4n) is 3.34.